The Kier molecular flexibility index (Phi) is 4.86. The number of benzene rings is 1. The van der Waals surface area contributed by atoms with E-state index in [1.807, 2.05) is 0 Å². The molecule has 3 nitrogen and oxygen atoms in total. The number of alkyl halides is 6. The number of halogens is 6. The summed E-state index contributed by atoms with van der Waals surface area (Å²) < 4.78 is 79.7. The molecule has 0 radical (unpaired) electrons. The first kappa shape index (κ1) is 16.9. The van der Waals surface area contributed by atoms with Crippen molar-refractivity contribution in [3.8, 4) is 5.75 Å². The summed E-state index contributed by atoms with van der Waals surface area (Å²) in [5, 5.41) is 2.95. The van der Waals surface area contributed by atoms with Gasteiger partial charge in [0.15, 0.2) is 0 Å². The van der Waals surface area contributed by atoms with Crippen molar-refractivity contribution in [2.45, 2.75) is 18.6 Å². The minimum Gasteiger partial charge on any atom is -0.406 e. The van der Waals surface area contributed by atoms with Gasteiger partial charge in [-0.05, 0) is 17.7 Å². The Morgan fingerprint density at radius 2 is 1.50 bits per heavy atom. The van der Waals surface area contributed by atoms with Crippen LogP contribution < -0.4 is 10.1 Å². The van der Waals surface area contributed by atoms with Gasteiger partial charge in [-0.1, -0.05) is 12.1 Å². The second-order valence-corrected chi connectivity index (χ2v) is 4.85. The average molecular weight is 328 g/mol. The molecule has 1 fully saturated rings. The fourth-order valence-electron chi connectivity index (χ4n) is 2.40. The summed E-state index contributed by atoms with van der Waals surface area (Å²) in [4.78, 5) is 1.26. The van der Waals surface area contributed by atoms with Crippen LogP contribution in [-0.2, 0) is 0 Å². The van der Waals surface area contributed by atoms with Crippen LogP contribution in [0.3, 0.4) is 0 Å². The van der Waals surface area contributed by atoms with Crippen molar-refractivity contribution in [1.82, 2.24) is 10.2 Å². The van der Waals surface area contributed by atoms with Crippen molar-refractivity contribution >= 4 is 0 Å². The van der Waals surface area contributed by atoms with Gasteiger partial charge in [-0.2, -0.15) is 13.2 Å². The molecule has 0 unspecified atom stereocenters. The van der Waals surface area contributed by atoms with Crippen LogP contribution in [0.25, 0.3) is 0 Å². The Morgan fingerprint density at radius 1 is 0.955 bits per heavy atom. The first-order valence-electron chi connectivity index (χ1n) is 6.54. The van der Waals surface area contributed by atoms with E-state index in [0.717, 1.165) is 24.3 Å². The molecule has 1 N–H and O–H groups in total. The van der Waals surface area contributed by atoms with E-state index in [1.165, 1.54) is 4.90 Å². The van der Waals surface area contributed by atoms with Gasteiger partial charge in [-0.15, -0.1) is 13.2 Å². The summed E-state index contributed by atoms with van der Waals surface area (Å²) >= 11 is 0. The highest BCUT2D eigenvalue weighted by atomic mass is 19.4. The van der Waals surface area contributed by atoms with E-state index in [-0.39, 0.29) is 18.7 Å². The third kappa shape index (κ3) is 4.51. The number of piperazine rings is 1. The Hall–Kier alpha value is -1.48. The van der Waals surface area contributed by atoms with Gasteiger partial charge in [0.2, 0.25) is 0 Å². The van der Waals surface area contributed by atoms with E-state index in [4.69, 9.17) is 0 Å². The Bertz CT molecular complexity index is 479. The molecule has 1 aromatic carbocycles. The standard InChI is InChI=1S/C13H14F6N2O/c14-12(15,16)11(21-7-5-20-6-8-21)9-1-3-10(4-2-9)22-13(17,18)19/h1-4,11,20H,5-8H2/t11-/m1/s1. The first-order valence-corrected chi connectivity index (χ1v) is 6.54. The quantitative estimate of drug-likeness (QED) is 0.863. The second-order valence-electron chi connectivity index (χ2n) is 4.85. The number of nitrogens with zero attached hydrogens (tertiary/aromatic N) is 1. The molecule has 1 aliphatic rings. The molecule has 1 aliphatic heterocycles. The van der Waals surface area contributed by atoms with Gasteiger partial charge >= 0.3 is 12.5 Å². The molecular weight excluding hydrogens is 314 g/mol. The van der Waals surface area contributed by atoms with Crippen LogP contribution in [0.15, 0.2) is 24.3 Å². The van der Waals surface area contributed by atoms with E-state index < -0.39 is 24.3 Å². The van der Waals surface area contributed by atoms with Crippen molar-refractivity contribution < 1.29 is 31.1 Å². The lowest BCUT2D eigenvalue weighted by Crippen LogP contribution is -2.49. The van der Waals surface area contributed by atoms with Crippen molar-refractivity contribution in [2.24, 2.45) is 0 Å². The molecule has 9 heteroatoms. The van der Waals surface area contributed by atoms with Crippen LogP contribution in [-0.4, -0.2) is 43.6 Å². The van der Waals surface area contributed by atoms with Gasteiger partial charge in [0.25, 0.3) is 0 Å². The monoisotopic (exact) mass is 328 g/mol. The number of nitrogens with one attached hydrogen (secondary N) is 1. The topological polar surface area (TPSA) is 24.5 Å². The molecule has 124 valence electrons. The van der Waals surface area contributed by atoms with Crippen LogP contribution in [0, 0.1) is 0 Å². The van der Waals surface area contributed by atoms with Crippen LogP contribution in [0.4, 0.5) is 26.3 Å². The molecule has 1 saturated heterocycles. The summed E-state index contributed by atoms with van der Waals surface area (Å²) in [5.74, 6) is -0.544. The Labute approximate surface area is 122 Å². The van der Waals surface area contributed by atoms with Gasteiger partial charge in [-0.25, -0.2) is 0 Å². The molecule has 0 bridgehead atoms. The predicted molar refractivity (Wildman–Crippen MR) is 66.4 cm³/mol. The third-order valence-electron chi connectivity index (χ3n) is 3.26. The SMILES string of the molecule is FC(F)(F)Oc1ccc([C@@H](N2CCNCC2)C(F)(F)F)cc1. The van der Waals surface area contributed by atoms with Gasteiger partial charge in [0.05, 0.1) is 0 Å². The molecule has 22 heavy (non-hydrogen) atoms. The molecule has 0 saturated carbocycles. The lowest BCUT2D eigenvalue weighted by Gasteiger charge is -2.36. The summed E-state index contributed by atoms with van der Waals surface area (Å²) in [6.07, 6.45) is -9.38. The summed E-state index contributed by atoms with van der Waals surface area (Å²) in [7, 11) is 0. The molecule has 0 spiro atoms. The second kappa shape index (κ2) is 6.33. The van der Waals surface area contributed by atoms with Crippen LogP contribution in [0.1, 0.15) is 11.6 Å². The smallest absolute Gasteiger partial charge is 0.406 e. The van der Waals surface area contributed by atoms with Crippen LogP contribution >= 0.6 is 0 Å². The zero-order chi connectivity index (χ0) is 16.4. The molecule has 1 heterocycles. The van der Waals surface area contributed by atoms with Crippen molar-refractivity contribution in [3.05, 3.63) is 29.8 Å². The largest absolute Gasteiger partial charge is 0.573 e. The van der Waals surface area contributed by atoms with E-state index in [9.17, 15) is 26.3 Å². The van der Waals surface area contributed by atoms with Crippen molar-refractivity contribution in [1.29, 1.82) is 0 Å². The van der Waals surface area contributed by atoms with E-state index in [1.54, 1.807) is 0 Å². The van der Waals surface area contributed by atoms with Crippen molar-refractivity contribution in [2.75, 3.05) is 26.2 Å². The number of hydrogen-bond donors (Lipinski definition) is 1. The molecule has 0 aliphatic carbocycles. The number of rotatable bonds is 3. The Balaban J connectivity index is 2.20. The highest BCUT2D eigenvalue weighted by Crippen LogP contribution is 2.38. The average Bonchev–Trinajstić information content (AvgIpc) is 2.39. The lowest BCUT2D eigenvalue weighted by molar-refractivity contribution is -0.274. The molecule has 0 amide bonds. The fourth-order valence-corrected chi connectivity index (χ4v) is 2.40. The maximum absolute atomic E-state index is 13.3. The number of ether oxygens (including phenoxy) is 1. The zero-order valence-electron chi connectivity index (χ0n) is 11.3. The Morgan fingerprint density at radius 3 is 1.95 bits per heavy atom. The highest BCUT2D eigenvalue weighted by Gasteiger charge is 2.44. The number of hydrogen-bond acceptors (Lipinski definition) is 3. The van der Waals surface area contributed by atoms with E-state index in [2.05, 4.69) is 10.1 Å². The van der Waals surface area contributed by atoms with Crippen LogP contribution in [0.2, 0.25) is 0 Å². The molecule has 2 rings (SSSR count). The van der Waals surface area contributed by atoms with E-state index >= 15 is 0 Å². The molecule has 1 atom stereocenters. The third-order valence-corrected chi connectivity index (χ3v) is 3.26. The molecular formula is C13H14F6N2O. The van der Waals surface area contributed by atoms with E-state index in [0.29, 0.717) is 13.1 Å². The fraction of sp³-hybridized carbons (Fsp3) is 0.538. The minimum atomic E-state index is -4.87. The predicted octanol–water partition coefficient (Wildman–Crippen LogP) is 3.09. The molecule has 1 aromatic rings. The van der Waals surface area contributed by atoms with Gasteiger partial charge in [0, 0.05) is 26.2 Å². The first-order chi connectivity index (χ1) is 10.2. The summed E-state index contributed by atoms with van der Waals surface area (Å²) in [5.41, 5.74) is -0.107. The van der Waals surface area contributed by atoms with Gasteiger partial charge in [-0.3, -0.25) is 4.90 Å². The van der Waals surface area contributed by atoms with Crippen molar-refractivity contribution in [3.63, 3.8) is 0 Å². The molecule has 0 aromatic heterocycles. The van der Waals surface area contributed by atoms with Gasteiger partial charge < -0.3 is 10.1 Å². The summed E-state index contributed by atoms with van der Waals surface area (Å²) in [6.45, 7) is 1.29. The zero-order valence-corrected chi connectivity index (χ0v) is 11.3. The lowest BCUT2D eigenvalue weighted by atomic mass is 10.0. The van der Waals surface area contributed by atoms with Gasteiger partial charge in [0.1, 0.15) is 11.8 Å². The minimum absolute atomic E-state index is 0.107. The maximum atomic E-state index is 13.3. The normalized spacial score (nSPS) is 19.0. The maximum Gasteiger partial charge on any atom is 0.573 e. The summed E-state index contributed by atoms with van der Waals surface area (Å²) in [6, 6.07) is 1.98. The highest BCUT2D eigenvalue weighted by molar-refractivity contribution is 5.30. The van der Waals surface area contributed by atoms with Crippen LogP contribution in [0.5, 0.6) is 5.75 Å².